The Hall–Kier alpha value is -3.25. The van der Waals surface area contributed by atoms with Crippen molar-refractivity contribution in [1.82, 2.24) is 20.4 Å². The van der Waals surface area contributed by atoms with Gasteiger partial charge in [0.15, 0.2) is 5.82 Å². The van der Waals surface area contributed by atoms with E-state index in [1.807, 2.05) is 18.2 Å². The van der Waals surface area contributed by atoms with Crippen LogP contribution in [0, 0.1) is 12.8 Å². The number of hydrogen-bond acceptors (Lipinski definition) is 5. The van der Waals surface area contributed by atoms with Crippen LogP contribution in [-0.2, 0) is 11.3 Å². The maximum absolute atomic E-state index is 12.9. The van der Waals surface area contributed by atoms with Crippen molar-refractivity contribution in [3.63, 3.8) is 0 Å². The van der Waals surface area contributed by atoms with Crippen LogP contribution in [0.25, 0.3) is 11.3 Å². The zero-order valence-corrected chi connectivity index (χ0v) is 20.3. The molecule has 0 bridgehead atoms. The fourth-order valence-electron chi connectivity index (χ4n) is 4.44. The monoisotopic (exact) mass is 457 g/mol. The van der Waals surface area contributed by atoms with Gasteiger partial charge < -0.3 is 10.2 Å². The van der Waals surface area contributed by atoms with E-state index in [-0.39, 0.29) is 11.8 Å². The van der Waals surface area contributed by atoms with E-state index in [9.17, 15) is 4.79 Å². The summed E-state index contributed by atoms with van der Waals surface area (Å²) in [6.45, 7) is 9.21. The van der Waals surface area contributed by atoms with Gasteiger partial charge in [0.25, 0.3) is 0 Å². The molecule has 1 N–H and O–H groups in total. The number of rotatable bonds is 9. The SMILES string of the molecule is CCN(CCNC(=O)C1CCCN(c2ccc(-c3ccc(C)cc3)nn2)C1)Cc1ccccc1. The zero-order chi connectivity index (χ0) is 23.8. The van der Waals surface area contributed by atoms with Crippen molar-refractivity contribution < 1.29 is 4.79 Å². The standard InChI is InChI=1S/C28H35N5O/c1-3-32(20-23-8-5-4-6-9-23)19-17-29-28(34)25-10-7-18-33(21-25)27-16-15-26(30-31-27)24-13-11-22(2)12-14-24/h4-6,8-9,11-16,25H,3,7,10,17-21H2,1-2H3,(H,29,34). The topological polar surface area (TPSA) is 61.4 Å². The van der Waals surface area contributed by atoms with Crippen molar-refractivity contribution in [2.45, 2.75) is 33.2 Å². The molecule has 178 valence electrons. The Morgan fingerprint density at radius 1 is 1.06 bits per heavy atom. The van der Waals surface area contributed by atoms with Gasteiger partial charge in [-0.3, -0.25) is 9.69 Å². The van der Waals surface area contributed by atoms with E-state index in [2.05, 4.69) is 87.7 Å². The van der Waals surface area contributed by atoms with E-state index in [0.29, 0.717) is 13.1 Å². The molecular weight excluding hydrogens is 422 g/mol. The molecule has 6 heteroatoms. The average Bonchev–Trinajstić information content (AvgIpc) is 2.89. The van der Waals surface area contributed by atoms with Gasteiger partial charge in [-0.15, -0.1) is 10.2 Å². The maximum Gasteiger partial charge on any atom is 0.224 e. The van der Waals surface area contributed by atoms with E-state index < -0.39 is 0 Å². The molecule has 0 spiro atoms. The third-order valence-electron chi connectivity index (χ3n) is 6.54. The third-order valence-corrected chi connectivity index (χ3v) is 6.54. The number of amides is 1. The van der Waals surface area contributed by atoms with E-state index in [1.165, 1.54) is 11.1 Å². The van der Waals surface area contributed by atoms with Crippen LogP contribution >= 0.6 is 0 Å². The molecule has 0 saturated carbocycles. The molecule has 0 radical (unpaired) electrons. The highest BCUT2D eigenvalue weighted by atomic mass is 16.1. The summed E-state index contributed by atoms with van der Waals surface area (Å²) in [5.74, 6) is 0.967. The number of piperidine rings is 1. The summed E-state index contributed by atoms with van der Waals surface area (Å²) in [6, 6.07) is 22.8. The minimum Gasteiger partial charge on any atom is -0.355 e. The second kappa shape index (κ2) is 11.7. The van der Waals surface area contributed by atoms with Gasteiger partial charge in [0.05, 0.1) is 11.6 Å². The number of carbonyl (C=O) groups excluding carboxylic acids is 1. The van der Waals surface area contributed by atoms with Gasteiger partial charge in [-0.1, -0.05) is 67.1 Å². The molecular formula is C28H35N5O. The summed E-state index contributed by atoms with van der Waals surface area (Å²) in [4.78, 5) is 17.4. The van der Waals surface area contributed by atoms with E-state index in [1.54, 1.807) is 0 Å². The number of benzene rings is 2. The molecule has 3 aromatic rings. The molecule has 1 atom stereocenters. The molecule has 34 heavy (non-hydrogen) atoms. The van der Waals surface area contributed by atoms with Crippen LogP contribution in [-0.4, -0.2) is 53.7 Å². The Balaban J connectivity index is 1.27. The first-order valence-electron chi connectivity index (χ1n) is 12.3. The Labute approximate surface area is 203 Å². The second-order valence-electron chi connectivity index (χ2n) is 9.07. The van der Waals surface area contributed by atoms with E-state index in [0.717, 1.165) is 56.1 Å². The molecule has 1 unspecified atom stereocenters. The third kappa shape index (κ3) is 6.41. The predicted molar refractivity (Wildman–Crippen MR) is 138 cm³/mol. The Bertz CT molecular complexity index is 1040. The summed E-state index contributed by atoms with van der Waals surface area (Å²) >= 11 is 0. The summed E-state index contributed by atoms with van der Waals surface area (Å²) in [5.41, 5.74) is 4.46. The normalized spacial score (nSPS) is 16.0. The van der Waals surface area contributed by atoms with Gasteiger partial charge >= 0.3 is 0 Å². The van der Waals surface area contributed by atoms with Crippen molar-refractivity contribution in [1.29, 1.82) is 0 Å². The maximum atomic E-state index is 12.9. The van der Waals surface area contributed by atoms with Crippen molar-refractivity contribution >= 4 is 11.7 Å². The van der Waals surface area contributed by atoms with Crippen molar-refractivity contribution in [3.8, 4) is 11.3 Å². The highest BCUT2D eigenvalue weighted by Crippen LogP contribution is 2.23. The lowest BCUT2D eigenvalue weighted by Crippen LogP contribution is -2.45. The van der Waals surface area contributed by atoms with Crippen LogP contribution in [0.5, 0.6) is 0 Å². The molecule has 1 amide bonds. The molecule has 6 nitrogen and oxygen atoms in total. The minimum atomic E-state index is -0.0171. The lowest BCUT2D eigenvalue weighted by molar-refractivity contribution is -0.125. The molecule has 4 rings (SSSR count). The van der Waals surface area contributed by atoms with Crippen LogP contribution < -0.4 is 10.2 Å². The van der Waals surface area contributed by atoms with E-state index in [4.69, 9.17) is 0 Å². The van der Waals surface area contributed by atoms with Crippen molar-refractivity contribution in [2.75, 3.05) is 37.6 Å². The predicted octanol–water partition coefficient (Wildman–Crippen LogP) is 4.31. The largest absolute Gasteiger partial charge is 0.355 e. The molecule has 1 fully saturated rings. The van der Waals surface area contributed by atoms with Gasteiger partial charge in [-0.05, 0) is 44.0 Å². The summed E-state index contributed by atoms with van der Waals surface area (Å²) in [7, 11) is 0. The lowest BCUT2D eigenvalue weighted by atomic mass is 9.97. The van der Waals surface area contributed by atoms with Crippen LogP contribution in [0.15, 0.2) is 66.7 Å². The first-order chi connectivity index (χ1) is 16.6. The number of hydrogen-bond donors (Lipinski definition) is 1. The van der Waals surface area contributed by atoms with Crippen molar-refractivity contribution in [2.24, 2.45) is 5.92 Å². The Kier molecular flexibility index (Phi) is 8.26. The average molecular weight is 458 g/mol. The first-order valence-corrected chi connectivity index (χ1v) is 12.3. The van der Waals surface area contributed by atoms with Gasteiger partial charge in [0, 0.05) is 38.3 Å². The van der Waals surface area contributed by atoms with Crippen LogP contribution in [0.3, 0.4) is 0 Å². The molecule has 1 aliphatic heterocycles. The highest BCUT2D eigenvalue weighted by Gasteiger charge is 2.26. The fraction of sp³-hybridized carbons (Fsp3) is 0.393. The van der Waals surface area contributed by atoms with Gasteiger partial charge in [-0.2, -0.15) is 0 Å². The molecule has 2 aromatic carbocycles. The van der Waals surface area contributed by atoms with E-state index >= 15 is 0 Å². The number of likely N-dealkylation sites (N-methyl/N-ethyl adjacent to an activating group) is 1. The number of aromatic nitrogens is 2. The Morgan fingerprint density at radius 3 is 2.56 bits per heavy atom. The smallest absolute Gasteiger partial charge is 0.224 e. The van der Waals surface area contributed by atoms with Crippen molar-refractivity contribution in [3.05, 3.63) is 77.9 Å². The molecule has 1 aliphatic rings. The zero-order valence-electron chi connectivity index (χ0n) is 20.3. The summed E-state index contributed by atoms with van der Waals surface area (Å²) < 4.78 is 0. The Morgan fingerprint density at radius 2 is 1.85 bits per heavy atom. The number of carbonyl (C=O) groups is 1. The fourth-order valence-corrected chi connectivity index (χ4v) is 4.44. The second-order valence-corrected chi connectivity index (χ2v) is 9.07. The highest BCUT2D eigenvalue weighted by molar-refractivity contribution is 5.79. The summed E-state index contributed by atoms with van der Waals surface area (Å²) in [6.07, 6.45) is 1.90. The number of nitrogens with zero attached hydrogens (tertiary/aromatic N) is 4. The quantitative estimate of drug-likeness (QED) is 0.519. The molecule has 2 heterocycles. The van der Waals surface area contributed by atoms with Crippen LogP contribution in [0.1, 0.15) is 30.9 Å². The van der Waals surface area contributed by atoms with Gasteiger partial charge in [0.2, 0.25) is 5.91 Å². The molecule has 1 saturated heterocycles. The van der Waals surface area contributed by atoms with Crippen LogP contribution in [0.2, 0.25) is 0 Å². The number of anilines is 1. The van der Waals surface area contributed by atoms with Crippen LogP contribution in [0.4, 0.5) is 5.82 Å². The lowest BCUT2D eigenvalue weighted by Gasteiger charge is -2.32. The number of aryl methyl sites for hydroxylation is 1. The molecule has 1 aromatic heterocycles. The summed E-state index contributed by atoms with van der Waals surface area (Å²) in [5, 5.41) is 12.1. The molecule has 0 aliphatic carbocycles. The number of nitrogens with one attached hydrogen (secondary N) is 1. The minimum absolute atomic E-state index is 0.0171. The van der Waals surface area contributed by atoms with Gasteiger partial charge in [0.1, 0.15) is 0 Å². The first kappa shape index (κ1) is 23.9. The van der Waals surface area contributed by atoms with Gasteiger partial charge in [-0.25, -0.2) is 0 Å².